The Balaban J connectivity index is 2.39. The first kappa shape index (κ1) is 12.7. The predicted octanol–water partition coefficient (Wildman–Crippen LogP) is 2.95. The standard InChI is InChI=1S/C12H22N2S/c1-3-10(4-2)12(14-13)8-7-11-6-5-9-15-11/h5-6,9-10,12,14H,3-4,7-8,13H2,1-2H3. The molecule has 0 aromatic carbocycles. The van der Waals surface area contributed by atoms with Crippen LogP contribution < -0.4 is 11.3 Å². The first-order valence-corrected chi connectivity index (χ1v) is 6.68. The molecule has 15 heavy (non-hydrogen) atoms. The maximum absolute atomic E-state index is 5.62. The second-order valence-corrected chi connectivity index (χ2v) is 5.00. The lowest BCUT2D eigenvalue weighted by atomic mass is 9.91. The average molecular weight is 226 g/mol. The van der Waals surface area contributed by atoms with E-state index >= 15 is 0 Å². The summed E-state index contributed by atoms with van der Waals surface area (Å²) in [5, 5.41) is 2.14. The van der Waals surface area contributed by atoms with Gasteiger partial charge in [-0.1, -0.05) is 32.8 Å². The summed E-state index contributed by atoms with van der Waals surface area (Å²) >= 11 is 1.83. The molecule has 86 valence electrons. The van der Waals surface area contributed by atoms with Gasteiger partial charge in [-0.05, 0) is 30.2 Å². The van der Waals surface area contributed by atoms with Crippen molar-refractivity contribution in [3.8, 4) is 0 Å². The molecule has 1 atom stereocenters. The summed E-state index contributed by atoms with van der Waals surface area (Å²) in [6.07, 6.45) is 4.69. The Morgan fingerprint density at radius 1 is 1.40 bits per heavy atom. The van der Waals surface area contributed by atoms with Gasteiger partial charge in [0.25, 0.3) is 0 Å². The van der Waals surface area contributed by atoms with Crippen LogP contribution in [0.4, 0.5) is 0 Å². The van der Waals surface area contributed by atoms with E-state index in [0.717, 1.165) is 12.8 Å². The molecule has 0 amide bonds. The third kappa shape index (κ3) is 3.93. The van der Waals surface area contributed by atoms with Gasteiger partial charge in [-0.2, -0.15) is 0 Å². The van der Waals surface area contributed by atoms with Gasteiger partial charge in [-0.15, -0.1) is 11.3 Å². The average Bonchev–Trinajstić information content (AvgIpc) is 2.77. The second kappa shape index (κ2) is 6.99. The van der Waals surface area contributed by atoms with Gasteiger partial charge in [0.05, 0.1) is 0 Å². The number of aryl methyl sites for hydroxylation is 1. The Bertz CT molecular complexity index is 242. The second-order valence-electron chi connectivity index (χ2n) is 3.97. The molecule has 2 nitrogen and oxygen atoms in total. The Morgan fingerprint density at radius 2 is 2.13 bits per heavy atom. The minimum atomic E-state index is 0.460. The summed E-state index contributed by atoms with van der Waals surface area (Å²) in [5.74, 6) is 6.32. The third-order valence-corrected chi connectivity index (χ3v) is 4.05. The van der Waals surface area contributed by atoms with Crippen LogP contribution in [0.25, 0.3) is 0 Å². The molecule has 0 aliphatic heterocycles. The molecular formula is C12H22N2S. The van der Waals surface area contributed by atoms with Crippen LogP contribution in [0.2, 0.25) is 0 Å². The van der Waals surface area contributed by atoms with E-state index in [4.69, 9.17) is 5.84 Å². The van der Waals surface area contributed by atoms with Gasteiger partial charge in [-0.25, -0.2) is 0 Å². The maximum atomic E-state index is 5.62. The molecule has 0 fully saturated rings. The lowest BCUT2D eigenvalue weighted by Gasteiger charge is -2.24. The van der Waals surface area contributed by atoms with Gasteiger partial charge in [0.15, 0.2) is 0 Å². The maximum Gasteiger partial charge on any atom is 0.0242 e. The zero-order valence-corrected chi connectivity index (χ0v) is 10.5. The van der Waals surface area contributed by atoms with E-state index in [9.17, 15) is 0 Å². The van der Waals surface area contributed by atoms with E-state index < -0.39 is 0 Å². The van der Waals surface area contributed by atoms with Crippen LogP contribution in [0.5, 0.6) is 0 Å². The SMILES string of the molecule is CCC(CC)C(CCc1cccs1)NN. The molecule has 0 bridgehead atoms. The highest BCUT2D eigenvalue weighted by molar-refractivity contribution is 7.09. The highest BCUT2D eigenvalue weighted by atomic mass is 32.1. The minimum absolute atomic E-state index is 0.460. The van der Waals surface area contributed by atoms with Gasteiger partial charge < -0.3 is 0 Å². The molecule has 1 rings (SSSR count). The van der Waals surface area contributed by atoms with Gasteiger partial charge in [0, 0.05) is 10.9 Å². The third-order valence-electron chi connectivity index (χ3n) is 3.11. The number of thiophene rings is 1. The first-order chi connectivity index (χ1) is 7.31. The van der Waals surface area contributed by atoms with Crippen LogP contribution in [0.1, 0.15) is 38.0 Å². The topological polar surface area (TPSA) is 38.0 Å². The molecule has 0 radical (unpaired) electrons. The van der Waals surface area contributed by atoms with Crippen molar-refractivity contribution in [2.45, 2.75) is 45.6 Å². The number of hydrogen-bond donors (Lipinski definition) is 2. The molecule has 1 heterocycles. The van der Waals surface area contributed by atoms with E-state index in [1.807, 2.05) is 11.3 Å². The molecule has 1 aromatic heterocycles. The summed E-state index contributed by atoms with van der Waals surface area (Å²) in [5.41, 5.74) is 2.97. The zero-order chi connectivity index (χ0) is 11.1. The van der Waals surface area contributed by atoms with Crippen LogP contribution in [0.15, 0.2) is 17.5 Å². The fourth-order valence-electron chi connectivity index (χ4n) is 2.07. The lowest BCUT2D eigenvalue weighted by molar-refractivity contribution is 0.322. The fraction of sp³-hybridized carbons (Fsp3) is 0.667. The first-order valence-electron chi connectivity index (χ1n) is 5.80. The minimum Gasteiger partial charge on any atom is -0.271 e. The summed E-state index contributed by atoms with van der Waals surface area (Å²) in [7, 11) is 0. The van der Waals surface area contributed by atoms with Crippen molar-refractivity contribution in [2.24, 2.45) is 11.8 Å². The number of hydrazine groups is 1. The molecule has 1 unspecified atom stereocenters. The molecule has 0 spiro atoms. The smallest absolute Gasteiger partial charge is 0.0242 e. The summed E-state index contributed by atoms with van der Waals surface area (Å²) in [4.78, 5) is 1.46. The van der Waals surface area contributed by atoms with Gasteiger partial charge in [0.2, 0.25) is 0 Å². The monoisotopic (exact) mass is 226 g/mol. The normalized spacial score (nSPS) is 13.3. The van der Waals surface area contributed by atoms with Crippen molar-refractivity contribution < 1.29 is 0 Å². The molecule has 0 saturated carbocycles. The number of hydrogen-bond acceptors (Lipinski definition) is 3. The fourth-order valence-corrected chi connectivity index (χ4v) is 2.79. The van der Waals surface area contributed by atoms with Crippen molar-refractivity contribution in [3.63, 3.8) is 0 Å². The number of nitrogens with two attached hydrogens (primary N) is 1. The van der Waals surface area contributed by atoms with Crippen LogP contribution in [-0.2, 0) is 6.42 Å². The Hall–Kier alpha value is -0.380. The van der Waals surface area contributed by atoms with Crippen molar-refractivity contribution in [1.82, 2.24) is 5.43 Å². The summed E-state index contributed by atoms with van der Waals surface area (Å²) < 4.78 is 0. The summed E-state index contributed by atoms with van der Waals surface area (Å²) in [6, 6.07) is 4.77. The zero-order valence-electron chi connectivity index (χ0n) is 9.70. The molecule has 1 aromatic rings. The largest absolute Gasteiger partial charge is 0.271 e. The highest BCUT2D eigenvalue weighted by Crippen LogP contribution is 2.19. The van der Waals surface area contributed by atoms with Crippen molar-refractivity contribution in [2.75, 3.05) is 0 Å². The van der Waals surface area contributed by atoms with E-state index in [1.54, 1.807) is 0 Å². The van der Waals surface area contributed by atoms with E-state index in [0.29, 0.717) is 12.0 Å². The van der Waals surface area contributed by atoms with Crippen LogP contribution in [-0.4, -0.2) is 6.04 Å². The Morgan fingerprint density at radius 3 is 2.60 bits per heavy atom. The van der Waals surface area contributed by atoms with Crippen LogP contribution >= 0.6 is 11.3 Å². The molecule has 3 N–H and O–H groups in total. The molecular weight excluding hydrogens is 204 g/mol. The Labute approximate surface area is 96.9 Å². The Kier molecular flexibility index (Phi) is 5.91. The van der Waals surface area contributed by atoms with Crippen LogP contribution in [0, 0.1) is 5.92 Å². The van der Waals surface area contributed by atoms with Crippen LogP contribution in [0.3, 0.4) is 0 Å². The number of nitrogens with one attached hydrogen (secondary N) is 1. The van der Waals surface area contributed by atoms with Crippen molar-refractivity contribution >= 4 is 11.3 Å². The van der Waals surface area contributed by atoms with Gasteiger partial charge in [0.1, 0.15) is 0 Å². The highest BCUT2D eigenvalue weighted by Gasteiger charge is 2.16. The molecule has 0 aliphatic rings. The van der Waals surface area contributed by atoms with Gasteiger partial charge >= 0.3 is 0 Å². The lowest BCUT2D eigenvalue weighted by Crippen LogP contribution is -2.40. The quantitative estimate of drug-likeness (QED) is 0.554. The summed E-state index contributed by atoms with van der Waals surface area (Å²) in [6.45, 7) is 4.48. The van der Waals surface area contributed by atoms with Crippen molar-refractivity contribution in [1.29, 1.82) is 0 Å². The molecule has 3 heteroatoms. The predicted molar refractivity (Wildman–Crippen MR) is 67.8 cm³/mol. The van der Waals surface area contributed by atoms with E-state index in [2.05, 4.69) is 36.8 Å². The van der Waals surface area contributed by atoms with Crippen molar-refractivity contribution in [3.05, 3.63) is 22.4 Å². The van der Waals surface area contributed by atoms with Gasteiger partial charge in [-0.3, -0.25) is 11.3 Å². The van der Waals surface area contributed by atoms with E-state index in [1.165, 1.54) is 17.7 Å². The molecule has 0 saturated heterocycles. The molecule has 0 aliphatic carbocycles. The van der Waals surface area contributed by atoms with E-state index in [-0.39, 0.29) is 0 Å². The number of rotatable bonds is 7.